The largest absolute Gasteiger partial charge is 0.480 e. The number of carboxylic acids is 1. The molecule has 3 aromatic rings. The van der Waals surface area contributed by atoms with Gasteiger partial charge in [-0.05, 0) is 34.7 Å². The van der Waals surface area contributed by atoms with Gasteiger partial charge in [-0.15, -0.1) is 11.8 Å². The number of thioether (sulfide) groups is 1. The lowest BCUT2D eigenvalue weighted by molar-refractivity contribution is -0.137. The zero-order valence-electron chi connectivity index (χ0n) is 15.1. The average molecular weight is 375 g/mol. The van der Waals surface area contributed by atoms with Crippen LogP contribution in [0.15, 0.2) is 72.8 Å². The SMILES string of the molecule is Cc1ccc(C2(SC[C@H](N)C(=O)O)c3ccccc3-c3ccccc32)cc1. The molecule has 1 aliphatic rings. The van der Waals surface area contributed by atoms with E-state index in [0.29, 0.717) is 5.75 Å². The van der Waals surface area contributed by atoms with Crippen LogP contribution in [0.4, 0.5) is 0 Å². The van der Waals surface area contributed by atoms with Crippen molar-refractivity contribution in [3.8, 4) is 11.1 Å². The Kier molecular flexibility index (Phi) is 4.54. The van der Waals surface area contributed by atoms with Crippen LogP contribution < -0.4 is 5.73 Å². The van der Waals surface area contributed by atoms with E-state index in [9.17, 15) is 9.90 Å². The third-order valence-electron chi connectivity index (χ3n) is 5.16. The molecule has 1 aliphatic carbocycles. The zero-order valence-corrected chi connectivity index (χ0v) is 15.9. The van der Waals surface area contributed by atoms with Gasteiger partial charge in [-0.2, -0.15) is 0 Å². The molecule has 0 aliphatic heterocycles. The topological polar surface area (TPSA) is 63.3 Å². The molecule has 0 saturated heterocycles. The molecule has 4 rings (SSSR count). The molecule has 0 unspecified atom stereocenters. The summed E-state index contributed by atoms with van der Waals surface area (Å²) in [5, 5.41) is 9.30. The predicted molar refractivity (Wildman–Crippen MR) is 111 cm³/mol. The van der Waals surface area contributed by atoms with Crippen molar-refractivity contribution in [1.82, 2.24) is 0 Å². The lowest BCUT2D eigenvalue weighted by Crippen LogP contribution is -2.35. The predicted octanol–water partition coefficient (Wildman–Crippen LogP) is 4.41. The molecule has 0 bridgehead atoms. The highest BCUT2D eigenvalue weighted by Gasteiger charge is 2.45. The van der Waals surface area contributed by atoms with Gasteiger partial charge in [0, 0.05) is 5.75 Å². The molecule has 3 aromatic carbocycles. The van der Waals surface area contributed by atoms with Crippen molar-refractivity contribution in [2.75, 3.05) is 5.75 Å². The third kappa shape index (κ3) is 2.85. The van der Waals surface area contributed by atoms with Crippen molar-refractivity contribution >= 4 is 17.7 Å². The maximum Gasteiger partial charge on any atom is 0.321 e. The summed E-state index contributed by atoms with van der Waals surface area (Å²) in [6.45, 7) is 2.07. The number of hydrogen-bond donors (Lipinski definition) is 2. The van der Waals surface area contributed by atoms with Gasteiger partial charge in [-0.3, -0.25) is 4.79 Å². The fourth-order valence-corrected chi connectivity index (χ4v) is 5.36. The molecule has 3 nitrogen and oxygen atoms in total. The molecule has 0 aromatic heterocycles. The summed E-state index contributed by atoms with van der Waals surface area (Å²) < 4.78 is -0.464. The Morgan fingerprint density at radius 3 is 2.00 bits per heavy atom. The van der Waals surface area contributed by atoms with E-state index in [-0.39, 0.29) is 0 Å². The molecule has 27 heavy (non-hydrogen) atoms. The van der Waals surface area contributed by atoms with E-state index < -0.39 is 16.8 Å². The standard InChI is InChI=1S/C23H21NO2S/c1-15-10-12-16(13-11-15)23(27-14-21(24)22(25)26)19-8-4-2-6-17(19)18-7-3-5-9-20(18)23/h2-13,21H,14,24H2,1H3,(H,25,26)/t21-/m0/s1. The van der Waals surface area contributed by atoms with Gasteiger partial charge in [-0.1, -0.05) is 78.4 Å². The van der Waals surface area contributed by atoms with Crippen molar-refractivity contribution < 1.29 is 9.90 Å². The fourth-order valence-electron chi connectivity index (χ4n) is 3.82. The lowest BCUT2D eigenvalue weighted by atomic mass is 9.88. The summed E-state index contributed by atoms with van der Waals surface area (Å²) in [4.78, 5) is 11.3. The maximum absolute atomic E-state index is 11.3. The van der Waals surface area contributed by atoms with E-state index in [2.05, 4.69) is 67.6 Å². The van der Waals surface area contributed by atoms with Gasteiger partial charge in [0.2, 0.25) is 0 Å². The third-order valence-corrected chi connectivity index (χ3v) is 6.79. The van der Waals surface area contributed by atoms with Crippen molar-refractivity contribution in [2.45, 2.75) is 17.7 Å². The van der Waals surface area contributed by atoms with E-state index in [1.165, 1.54) is 27.8 Å². The minimum absolute atomic E-state index is 0.325. The number of benzene rings is 3. The molecule has 0 heterocycles. The summed E-state index contributed by atoms with van der Waals surface area (Å²) in [7, 11) is 0. The summed E-state index contributed by atoms with van der Waals surface area (Å²) in [5.41, 5.74) is 13.0. The number of hydrogen-bond acceptors (Lipinski definition) is 3. The number of carbonyl (C=O) groups is 1. The smallest absolute Gasteiger partial charge is 0.321 e. The van der Waals surface area contributed by atoms with Crippen LogP contribution in [0.3, 0.4) is 0 Å². The Hall–Kier alpha value is -2.56. The molecule has 0 saturated carbocycles. The number of fused-ring (bicyclic) bond motifs is 3. The van der Waals surface area contributed by atoms with Gasteiger partial charge in [0.25, 0.3) is 0 Å². The first-order chi connectivity index (χ1) is 13.0. The van der Waals surface area contributed by atoms with E-state index in [1.807, 2.05) is 12.1 Å². The highest BCUT2D eigenvalue weighted by Crippen LogP contribution is 2.58. The Labute approximate surface area is 163 Å². The molecule has 0 fully saturated rings. The van der Waals surface area contributed by atoms with Crippen molar-refractivity contribution in [2.24, 2.45) is 5.73 Å². The normalized spacial score (nSPS) is 15.0. The molecular weight excluding hydrogens is 354 g/mol. The monoisotopic (exact) mass is 375 g/mol. The Bertz CT molecular complexity index is 952. The second kappa shape index (κ2) is 6.87. The molecule has 0 spiro atoms. The minimum atomic E-state index is -0.971. The second-order valence-electron chi connectivity index (χ2n) is 6.89. The van der Waals surface area contributed by atoms with Crippen molar-refractivity contribution in [1.29, 1.82) is 0 Å². The van der Waals surface area contributed by atoms with Gasteiger partial charge in [0.05, 0.1) is 4.75 Å². The van der Waals surface area contributed by atoms with Crippen LogP contribution in [0.2, 0.25) is 0 Å². The maximum atomic E-state index is 11.3. The summed E-state index contributed by atoms with van der Waals surface area (Å²) >= 11 is 1.61. The first-order valence-electron chi connectivity index (χ1n) is 8.93. The Balaban J connectivity index is 1.95. The van der Waals surface area contributed by atoms with Gasteiger partial charge < -0.3 is 10.8 Å². The van der Waals surface area contributed by atoms with Crippen LogP contribution in [-0.4, -0.2) is 22.9 Å². The Morgan fingerprint density at radius 1 is 0.963 bits per heavy atom. The fraction of sp³-hybridized carbons (Fsp3) is 0.174. The molecule has 1 atom stereocenters. The number of carboxylic acid groups (broad SMARTS) is 1. The molecule has 3 N–H and O–H groups in total. The van der Waals surface area contributed by atoms with E-state index >= 15 is 0 Å². The van der Waals surface area contributed by atoms with E-state index in [4.69, 9.17) is 5.73 Å². The number of aliphatic carboxylic acids is 1. The molecule has 4 heteroatoms. The van der Waals surface area contributed by atoms with Crippen LogP contribution in [0.5, 0.6) is 0 Å². The van der Waals surface area contributed by atoms with Crippen LogP contribution in [-0.2, 0) is 9.54 Å². The summed E-state index contributed by atoms with van der Waals surface area (Å²) in [6.07, 6.45) is 0. The molecule has 0 radical (unpaired) electrons. The van der Waals surface area contributed by atoms with Gasteiger partial charge in [0.15, 0.2) is 0 Å². The number of rotatable bonds is 5. The van der Waals surface area contributed by atoms with Crippen LogP contribution in [0, 0.1) is 6.92 Å². The number of aryl methyl sites for hydroxylation is 1. The molecule has 136 valence electrons. The van der Waals surface area contributed by atoms with Crippen LogP contribution >= 0.6 is 11.8 Å². The second-order valence-corrected chi connectivity index (χ2v) is 8.13. The molecule has 0 amide bonds. The summed E-state index contributed by atoms with van der Waals surface area (Å²) in [5.74, 6) is -0.646. The summed E-state index contributed by atoms with van der Waals surface area (Å²) in [6, 6.07) is 24.4. The van der Waals surface area contributed by atoms with Crippen LogP contribution in [0.25, 0.3) is 11.1 Å². The zero-order chi connectivity index (χ0) is 19.0. The minimum Gasteiger partial charge on any atom is -0.480 e. The highest BCUT2D eigenvalue weighted by molar-refractivity contribution is 8.00. The van der Waals surface area contributed by atoms with Crippen molar-refractivity contribution in [3.05, 3.63) is 95.1 Å². The molecular formula is C23H21NO2S. The number of nitrogens with two attached hydrogens (primary N) is 1. The van der Waals surface area contributed by atoms with Crippen LogP contribution in [0.1, 0.15) is 22.3 Å². The van der Waals surface area contributed by atoms with Gasteiger partial charge in [0.1, 0.15) is 6.04 Å². The van der Waals surface area contributed by atoms with Gasteiger partial charge in [-0.25, -0.2) is 0 Å². The highest BCUT2D eigenvalue weighted by atomic mass is 32.2. The Morgan fingerprint density at radius 2 is 1.48 bits per heavy atom. The first-order valence-corrected chi connectivity index (χ1v) is 9.91. The van der Waals surface area contributed by atoms with Gasteiger partial charge >= 0.3 is 5.97 Å². The van der Waals surface area contributed by atoms with E-state index in [0.717, 1.165) is 5.56 Å². The van der Waals surface area contributed by atoms with E-state index in [1.54, 1.807) is 11.8 Å². The first kappa shape index (κ1) is 17.8. The van der Waals surface area contributed by atoms with Crippen molar-refractivity contribution in [3.63, 3.8) is 0 Å². The average Bonchev–Trinajstić information content (AvgIpc) is 2.98. The quantitative estimate of drug-likeness (QED) is 0.693. The lowest BCUT2D eigenvalue weighted by Gasteiger charge is -2.33.